The monoisotopic (exact) mass is 188 g/mol. The molecule has 2 unspecified atom stereocenters. The molecule has 0 saturated heterocycles. The van der Waals surface area contributed by atoms with Gasteiger partial charge in [0.05, 0.1) is 0 Å². The van der Waals surface area contributed by atoms with E-state index in [4.69, 9.17) is 0 Å². The second-order valence-corrected chi connectivity index (χ2v) is 6.48. The molecule has 0 aromatic heterocycles. The summed E-state index contributed by atoms with van der Waals surface area (Å²) >= 11 is 0. The first kappa shape index (κ1) is 12.1. The van der Waals surface area contributed by atoms with Crippen LogP contribution in [0.4, 0.5) is 0 Å². The molecule has 0 aliphatic rings. The fraction of sp³-hybridized carbons (Fsp3) is 1.00. The van der Waals surface area contributed by atoms with E-state index in [1.807, 2.05) is 0 Å². The number of rotatable bonds is 6. The van der Waals surface area contributed by atoms with E-state index in [1.165, 1.54) is 12.8 Å². The number of hydrogen-bond donors (Lipinski definition) is 2. The Morgan fingerprint density at radius 3 is 1.83 bits per heavy atom. The Morgan fingerprint density at radius 1 is 1.08 bits per heavy atom. The van der Waals surface area contributed by atoms with Crippen LogP contribution in [-0.4, -0.2) is 23.2 Å². The Kier molecular flexibility index (Phi) is 6.71. The van der Waals surface area contributed by atoms with E-state index in [0.717, 1.165) is 11.5 Å². The van der Waals surface area contributed by atoms with Gasteiger partial charge in [-0.3, -0.25) is 0 Å². The van der Waals surface area contributed by atoms with Crippen LogP contribution in [0.5, 0.6) is 0 Å². The highest BCUT2D eigenvalue weighted by Gasteiger charge is 2.23. The van der Waals surface area contributed by atoms with Crippen molar-refractivity contribution in [1.82, 2.24) is 9.96 Å². The third-order valence-corrected chi connectivity index (χ3v) is 6.13. The first-order valence-corrected chi connectivity index (χ1v) is 6.87. The van der Waals surface area contributed by atoms with Crippen molar-refractivity contribution in [3.05, 3.63) is 0 Å². The van der Waals surface area contributed by atoms with Crippen LogP contribution in [0.2, 0.25) is 5.54 Å². The minimum atomic E-state index is -0.883. The summed E-state index contributed by atoms with van der Waals surface area (Å²) in [6, 6.07) is 0. The van der Waals surface area contributed by atoms with Gasteiger partial charge in [0.15, 0.2) is 9.12 Å². The van der Waals surface area contributed by atoms with Crippen molar-refractivity contribution in [2.75, 3.05) is 14.1 Å². The molecule has 0 aliphatic carbocycles. The van der Waals surface area contributed by atoms with E-state index >= 15 is 0 Å². The highest BCUT2D eigenvalue weighted by molar-refractivity contribution is 6.54. The van der Waals surface area contributed by atoms with Crippen LogP contribution in [0.1, 0.15) is 33.6 Å². The van der Waals surface area contributed by atoms with Crippen molar-refractivity contribution < 1.29 is 0 Å². The van der Waals surface area contributed by atoms with Gasteiger partial charge in [-0.05, 0) is 25.6 Å². The van der Waals surface area contributed by atoms with Gasteiger partial charge in [0.2, 0.25) is 0 Å². The van der Waals surface area contributed by atoms with Crippen LogP contribution in [-0.2, 0) is 0 Å². The van der Waals surface area contributed by atoms with Crippen LogP contribution >= 0.6 is 0 Å². The first-order chi connectivity index (χ1) is 5.71. The topological polar surface area (TPSA) is 24.1 Å². The molecular formula is C9H24N2Si. The van der Waals surface area contributed by atoms with Gasteiger partial charge in [0, 0.05) is 0 Å². The molecule has 0 rings (SSSR count). The van der Waals surface area contributed by atoms with Crippen molar-refractivity contribution >= 4 is 9.12 Å². The Labute approximate surface area is 78.9 Å². The zero-order valence-corrected chi connectivity index (χ0v) is 10.3. The lowest BCUT2D eigenvalue weighted by atomic mass is 10.0. The SMILES string of the molecule is CCC(C)C(CC)[SiH](NC)NC. The summed E-state index contributed by atoms with van der Waals surface area (Å²) in [6.07, 6.45) is 2.60. The molecule has 0 aromatic carbocycles. The summed E-state index contributed by atoms with van der Waals surface area (Å²) in [5, 5.41) is 0. The second kappa shape index (κ2) is 6.63. The minimum absolute atomic E-state index is 0.853. The molecule has 0 fully saturated rings. The maximum atomic E-state index is 3.45. The maximum absolute atomic E-state index is 3.45. The first-order valence-electron chi connectivity index (χ1n) is 5.05. The maximum Gasteiger partial charge on any atom is 0.187 e. The third-order valence-electron chi connectivity index (χ3n) is 2.90. The van der Waals surface area contributed by atoms with Crippen molar-refractivity contribution in [3.63, 3.8) is 0 Å². The molecule has 0 amide bonds. The molecule has 0 radical (unpaired) electrons. The van der Waals surface area contributed by atoms with E-state index in [1.54, 1.807) is 0 Å². The van der Waals surface area contributed by atoms with Gasteiger partial charge in [-0.25, -0.2) is 0 Å². The predicted molar refractivity (Wildman–Crippen MR) is 58.8 cm³/mol. The molecule has 12 heavy (non-hydrogen) atoms. The molecule has 0 heterocycles. The standard InChI is InChI=1S/C9H24N2Si/c1-6-8(3)9(7-2)12(10-4)11-5/h8-12H,6-7H2,1-5H3. The minimum Gasteiger partial charge on any atom is -0.330 e. The third kappa shape index (κ3) is 3.25. The fourth-order valence-corrected chi connectivity index (χ4v) is 4.39. The molecular weight excluding hydrogens is 164 g/mol. The zero-order valence-electron chi connectivity index (χ0n) is 9.15. The molecule has 2 atom stereocenters. The molecule has 0 spiro atoms. The van der Waals surface area contributed by atoms with E-state index in [2.05, 4.69) is 44.8 Å². The summed E-state index contributed by atoms with van der Waals surface area (Å²) in [7, 11) is 3.28. The molecule has 2 N–H and O–H groups in total. The molecule has 74 valence electrons. The van der Waals surface area contributed by atoms with E-state index < -0.39 is 9.12 Å². The van der Waals surface area contributed by atoms with E-state index in [-0.39, 0.29) is 0 Å². The largest absolute Gasteiger partial charge is 0.330 e. The summed E-state index contributed by atoms with van der Waals surface area (Å²) in [4.78, 5) is 6.89. The summed E-state index contributed by atoms with van der Waals surface area (Å²) in [6.45, 7) is 6.94. The fourth-order valence-electron chi connectivity index (χ4n) is 1.84. The zero-order chi connectivity index (χ0) is 9.56. The lowest BCUT2D eigenvalue weighted by Crippen LogP contribution is -2.48. The van der Waals surface area contributed by atoms with Gasteiger partial charge in [0.25, 0.3) is 0 Å². The highest BCUT2D eigenvalue weighted by atomic mass is 28.3. The van der Waals surface area contributed by atoms with Crippen LogP contribution in [0.15, 0.2) is 0 Å². The van der Waals surface area contributed by atoms with E-state index in [0.29, 0.717) is 0 Å². The molecule has 3 heteroatoms. The lowest BCUT2D eigenvalue weighted by molar-refractivity contribution is 0.491. The summed E-state index contributed by atoms with van der Waals surface area (Å²) < 4.78 is 0. The van der Waals surface area contributed by atoms with Crippen molar-refractivity contribution in [2.45, 2.75) is 39.2 Å². The molecule has 0 aliphatic heterocycles. The summed E-state index contributed by atoms with van der Waals surface area (Å²) in [5.41, 5.74) is 0.880. The quantitative estimate of drug-likeness (QED) is 0.617. The Bertz CT molecular complexity index is 105. The van der Waals surface area contributed by atoms with Crippen LogP contribution in [0.3, 0.4) is 0 Å². The Hall–Kier alpha value is 0.137. The van der Waals surface area contributed by atoms with Crippen LogP contribution in [0, 0.1) is 5.92 Å². The average Bonchev–Trinajstić information content (AvgIpc) is 2.12. The van der Waals surface area contributed by atoms with Gasteiger partial charge >= 0.3 is 0 Å². The van der Waals surface area contributed by atoms with E-state index in [9.17, 15) is 0 Å². The molecule has 2 nitrogen and oxygen atoms in total. The normalized spacial score (nSPS) is 16.5. The van der Waals surface area contributed by atoms with Gasteiger partial charge in [-0.2, -0.15) is 0 Å². The highest BCUT2D eigenvalue weighted by Crippen LogP contribution is 2.25. The van der Waals surface area contributed by atoms with Gasteiger partial charge < -0.3 is 9.96 Å². The van der Waals surface area contributed by atoms with Gasteiger partial charge in [-0.1, -0.05) is 33.6 Å². The number of hydrogen-bond acceptors (Lipinski definition) is 2. The predicted octanol–water partition coefficient (Wildman–Crippen LogP) is 1.47. The second-order valence-electron chi connectivity index (χ2n) is 3.51. The van der Waals surface area contributed by atoms with Gasteiger partial charge in [-0.15, -0.1) is 0 Å². The van der Waals surface area contributed by atoms with Crippen molar-refractivity contribution in [2.24, 2.45) is 5.92 Å². The molecule has 0 saturated carbocycles. The van der Waals surface area contributed by atoms with Crippen molar-refractivity contribution in [1.29, 1.82) is 0 Å². The lowest BCUT2D eigenvalue weighted by Gasteiger charge is -2.28. The van der Waals surface area contributed by atoms with Crippen LogP contribution in [0.25, 0.3) is 0 Å². The smallest absolute Gasteiger partial charge is 0.187 e. The van der Waals surface area contributed by atoms with Crippen molar-refractivity contribution in [3.8, 4) is 0 Å². The summed E-state index contributed by atoms with van der Waals surface area (Å²) in [5.74, 6) is 0.853. The molecule has 0 bridgehead atoms. The number of nitrogens with one attached hydrogen (secondary N) is 2. The average molecular weight is 188 g/mol. The molecule has 0 aromatic rings. The van der Waals surface area contributed by atoms with Crippen LogP contribution < -0.4 is 9.96 Å². The van der Waals surface area contributed by atoms with Gasteiger partial charge in [0.1, 0.15) is 0 Å². The Morgan fingerprint density at radius 2 is 1.58 bits per heavy atom. The Balaban J connectivity index is 4.09.